The maximum absolute atomic E-state index is 4.63. The van der Waals surface area contributed by atoms with Gasteiger partial charge in [0.05, 0.1) is 0 Å². The third-order valence-electron chi connectivity index (χ3n) is 2.80. The molecule has 5 nitrogen and oxygen atoms in total. The molecule has 0 radical (unpaired) electrons. The molecule has 0 saturated heterocycles. The van der Waals surface area contributed by atoms with Crippen molar-refractivity contribution in [2.24, 2.45) is 0 Å². The topological polar surface area (TPSA) is 55.6 Å². The standard InChI is InChI=1S/C15H23N5/c1-6-11-16-13(7-2)20(19-11)14-10-8-9-12(17-14)18-15(3,4)5/h8-10H,6-7H2,1-5H3,(H,17,18). The smallest absolute Gasteiger partial charge is 0.157 e. The summed E-state index contributed by atoms with van der Waals surface area (Å²) in [7, 11) is 0. The molecule has 2 aromatic rings. The van der Waals surface area contributed by atoms with Gasteiger partial charge in [0.2, 0.25) is 0 Å². The summed E-state index contributed by atoms with van der Waals surface area (Å²) in [6.45, 7) is 10.5. The Hall–Kier alpha value is -1.91. The molecule has 2 heterocycles. The average Bonchev–Trinajstić information content (AvgIpc) is 2.80. The fourth-order valence-corrected chi connectivity index (χ4v) is 1.95. The molecule has 108 valence electrons. The fraction of sp³-hybridized carbons (Fsp3) is 0.533. The second kappa shape index (κ2) is 5.61. The Bertz CT molecular complexity index is 580. The Balaban J connectivity index is 2.38. The molecule has 0 aliphatic rings. The van der Waals surface area contributed by atoms with Crippen molar-refractivity contribution in [2.75, 3.05) is 5.32 Å². The Kier molecular flexibility index (Phi) is 4.06. The van der Waals surface area contributed by atoms with E-state index in [0.29, 0.717) is 0 Å². The Morgan fingerprint density at radius 1 is 1.10 bits per heavy atom. The first kappa shape index (κ1) is 14.5. The lowest BCUT2D eigenvalue weighted by Crippen LogP contribution is -2.26. The molecule has 0 unspecified atom stereocenters. The first-order chi connectivity index (χ1) is 9.43. The minimum absolute atomic E-state index is 0.0177. The largest absolute Gasteiger partial charge is 0.365 e. The van der Waals surface area contributed by atoms with E-state index in [1.807, 2.05) is 22.9 Å². The van der Waals surface area contributed by atoms with E-state index in [0.717, 1.165) is 36.1 Å². The second-order valence-corrected chi connectivity index (χ2v) is 5.82. The molecule has 0 spiro atoms. The molecule has 20 heavy (non-hydrogen) atoms. The molecule has 5 heteroatoms. The van der Waals surface area contributed by atoms with E-state index < -0.39 is 0 Å². The van der Waals surface area contributed by atoms with Crippen LogP contribution >= 0.6 is 0 Å². The number of aromatic nitrogens is 4. The third kappa shape index (κ3) is 3.35. The molecule has 0 aromatic carbocycles. The summed E-state index contributed by atoms with van der Waals surface area (Å²) in [6.07, 6.45) is 1.67. The SMILES string of the molecule is CCc1nc(CC)n(-c2cccc(NC(C)(C)C)n2)n1. The summed E-state index contributed by atoms with van der Waals surface area (Å²) >= 11 is 0. The molecular formula is C15H23N5. The van der Waals surface area contributed by atoms with Gasteiger partial charge in [0.25, 0.3) is 0 Å². The molecule has 0 aliphatic heterocycles. The maximum atomic E-state index is 4.63. The lowest BCUT2D eigenvalue weighted by Gasteiger charge is -2.21. The molecule has 0 saturated carbocycles. The van der Waals surface area contributed by atoms with Crippen LogP contribution in [0.3, 0.4) is 0 Å². The van der Waals surface area contributed by atoms with Gasteiger partial charge in [-0.05, 0) is 32.9 Å². The number of nitrogens with one attached hydrogen (secondary N) is 1. The summed E-state index contributed by atoms with van der Waals surface area (Å²) < 4.78 is 1.84. The minimum atomic E-state index is -0.0177. The highest BCUT2D eigenvalue weighted by Crippen LogP contribution is 2.15. The van der Waals surface area contributed by atoms with E-state index in [-0.39, 0.29) is 5.54 Å². The zero-order valence-corrected chi connectivity index (χ0v) is 12.9. The Labute approximate surface area is 120 Å². The number of aryl methyl sites for hydroxylation is 2. The van der Waals surface area contributed by atoms with E-state index in [2.05, 4.69) is 55.0 Å². The molecular weight excluding hydrogens is 250 g/mol. The summed E-state index contributed by atoms with van der Waals surface area (Å²) in [4.78, 5) is 9.15. The zero-order valence-electron chi connectivity index (χ0n) is 12.9. The number of nitrogens with zero attached hydrogens (tertiary/aromatic N) is 4. The monoisotopic (exact) mass is 273 g/mol. The molecule has 2 aromatic heterocycles. The van der Waals surface area contributed by atoms with Crippen LogP contribution in [0.2, 0.25) is 0 Å². The molecule has 1 N–H and O–H groups in total. The lowest BCUT2D eigenvalue weighted by atomic mass is 10.1. The van der Waals surface area contributed by atoms with Crippen molar-refractivity contribution >= 4 is 5.82 Å². The van der Waals surface area contributed by atoms with E-state index in [4.69, 9.17) is 0 Å². The van der Waals surface area contributed by atoms with Crippen LogP contribution in [0.5, 0.6) is 0 Å². The van der Waals surface area contributed by atoms with Crippen LogP contribution in [0.1, 0.15) is 46.3 Å². The van der Waals surface area contributed by atoms with Gasteiger partial charge in [-0.1, -0.05) is 19.9 Å². The van der Waals surface area contributed by atoms with Crippen LogP contribution in [0.4, 0.5) is 5.82 Å². The highest BCUT2D eigenvalue weighted by molar-refractivity contribution is 5.41. The van der Waals surface area contributed by atoms with Crippen molar-refractivity contribution in [3.8, 4) is 5.82 Å². The number of rotatable bonds is 4. The van der Waals surface area contributed by atoms with Crippen LogP contribution < -0.4 is 5.32 Å². The van der Waals surface area contributed by atoms with Gasteiger partial charge < -0.3 is 5.32 Å². The first-order valence-corrected chi connectivity index (χ1v) is 7.13. The van der Waals surface area contributed by atoms with Crippen molar-refractivity contribution < 1.29 is 0 Å². The lowest BCUT2D eigenvalue weighted by molar-refractivity contribution is 0.629. The molecule has 0 aliphatic carbocycles. The summed E-state index contributed by atoms with van der Waals surface area (Å²) in [5, 5.41) is 7.90. The molecule has 0 amide bonds. The fourth-order valence-electron chi connectivity index (χ4n) is 1.95. The van der Waals surface area contributed by atoms with E-state index in [9.17, 15) is 0 Å². The Morgan fingerprint density at radius 2 is 1.85 bits per heavy atom. The number of hydrogen-bond acceptors (Lipinski definition) is 4. The summed E-state index contributed by atoms with van der Waals surface area (Å²) in [6, 6.07) is 5.92. The van der Waals surface area contributed by atoms with Crippen LogP contribution in [-0.2, 0) is 12.8 Å². The number of hydrogen-bond donors (Lipinski definition) is 1. The van der Waals surface area contributed by atoms with E-state index in [1.54, 1.807) is 0 Å². The average molecular weight is 273 g/mol. The Morgan fingerprint density at radius 3 is 2.45 bits per heavy atom. The normalized spacial score (nSPS) is 11.7. The van der Waals surface area contributed by atoms with Crippen LogP contribution in [0, 0.1) is 0 Å². The van der Waals surface area contributed by atoms with Crippen molar-refractivity contribution in [1.82, 2.24) is 19.7 Å². The van der Waals surface area contributed by atoms with Crippen molar-refractivity contribution in [1.29, 1.82) is 0 Å². The molecule has 0 fully saturated rings. The van der Waals surface area contributed by atoms with Gasteiger partial charge in [-0.15, -0.1) is 5.10 Å². The number of pyridine rings is 1. The van der Waals surface area contributed by atoms with Crippen molar-refractivity contribution in [2.45, 2.75) is 53.0 Å². The molecule has 0 atom stereocenters. The van der Waals surface area contributed by atoms with Crippen molar-refractivity contribution in [3.63, 3.8) is 0 Å². The summed E-state index contributed by atoms with van der Waals surface area (Å²) in [5.41, 5.74) is -0.0177. The zero-order chi connectivity index (χ0) is 14.8. The quantitative estimate of drug-likeness (QED) is 0.930. The highest BCUT2D eigenvalue weighted by atomic mass is 15.4. The van der Waals surface area contributed by atoms with Crippen LogP contribution in [0.15, 0.2) is 18.2 Å². The highest BCUT2D eigenvalue weighted by Gasteiger charge is 2.13. The number of anilines is 1. The van der Waals surface area contributed by atoms with E-state index >= 15 is 0 Å². The predicted octanol–water partition coefficient (Wildman–Crippen LogP) is 3.00. The van der Waals surface area contributed by atoms with Crippen molar-refractivity contribution in [3.05, 3.63) is 29.8 Å². The second-order valence-electron chi connectivity index (χ2n) is 5.82. The first-order valence-electron chi connectivity index (χ1n) is 7.13. The van der Waals surface area contributed by atoms with Gasteiger partial charge in [-0.2, -0.15) is 4.68 Å². The maximum Gasteiger partial charge on any atom is 0.157 e. The van der Waals surface area contributed by atoms with Gasteiger partial charge >= 0.3 is 0 Å². The van der Waals surface area contributed by atoms with Gasteiger partial charge in [0.15, 0.2) is 11.6 Å². The van der Waals surface area contributed by atoms with E-state index in [1.165, 1.54) is 0 Å². The summed E-state index contributed by atoms with van der Waals surface area (Å²) in [5.74, 6) is 3.47. The van der Waals surface area contributed by atoms with Gasteiger partial charge in [-0.25, -0.2) is 9.97 Å². The predicted molar refractivity (Wildman–Crippen MR) is 81.3 cm³/mol. The van der Waals surface area contributed by atoms with Gasteiger partial charge in [0, 0.05) is 18.4 Å². The van der Waals surface area contributed by atoms with Crippen LogP contribution in [-0.4, -0.2) is 25.3 Å². The minimum Gasteiger partial charge on any atom is -0.365 e. The third-order valence-corrected chi connectivity index (χ3v) is 2.80. The van der Waals surface area contributed by atoms with Crippen LogP contribution in [0.25, 0.3) is 5.82 Å². The molecule has 2 rings (SSSR count). The van der Waals surface area contributed by atoms with Gasteiger partial charge in [0.1, 0.15) is 11.6 Å². The molecule has 0 bridgehead atoms. The van der Waals surface area contributed by atoms with Gasteiger partial charge in [-0.3, -0.25) is 0 Å².